The van der Waals surface area contributed by atoms with Gasteiger partial charge in [-0.05, 0) is 18.2 Å². The standard InChI is InChI=1S/C12H13F3O2/c1-7(2)11(16)9-6-8(17-3)4-5-10(9)12(13,14)15/h4-7H,1-3H3. The Labute approximate surface area is 97.4 Å². The third kappa shape index (κ3) is 2.99. The lowest BCUT2D eigenvalue weighted by molar-refractivity contribution is -0.137. The van der Waals surface area contributed by atoms with Gasteiger partial charge in [0.05, 0.1) is 12.7 Å². The van der Waals surface area contributed by atoms with Crippen molar-refractivity contribution in [1.82, 2.24) is 0 Å². The predicted molar refractivity (Wildman–Crippen MR) is 57.2 cm³/mol. The molecule has 1 aromatic carbocycles. The average Bonchev–Trinajstić information content (AvgIpc) is 2.25. The summed E-state index contributed by atoms with van der Waals surface area (Å²) in [5, 5.41) is 0. The summed E-state index contributed by atoms with van der Waals surface area (Å²) < 4.78 is 43.0. The first-order valence-corrected chi connectivity index (χ1v) is 5.06. The fourth-order valence-corrected chi connectivity index (χ4v) is 1.41. The van der Waals surface area contributed by atoms with E-state index in [0.29, 0.717) is 0 Å². The molecule has 0 atom stereocenters. The van der Waals surface area contributed by atoms with Crippen molar-refractivity contribution in [3.63, 3.8) is 0 Å². The molecule has 0 heterocycles. The number of halogens is 3. The highest BCUT2D eigenvalue weighted by Crippen LogP contribution is 2.34. The van der Waals surface area contributed by atoms with Crippen LogP contribution in [0, 0.1) is 5.92 Å². The zero-order valence-corrected chi connectivity index (χ0v) is 9.76. The molecule has 1 rings (SSSR count). The number of Topliss-reactive ketones (excluding diaryl/α,β-unsaturated/α-hetero) is 1. The van der Waals surface area contributed by atoms with Gasteiger partial charge in [-0.15, -0.1) is 0 Å². The number of hydrogen-bond donors (Lipinski definition) is 0. The van der Waals surface area contributed by atoms with Crippen LogP contribution in [-0.4, -0.2) is 12.9 Å². The normalized spacial score (nSPS) is 11.7. The predicted octanol–water partition coefficient (Wildman–Crippen LogP) is 3.55. The lowest BCUT2D eigenvalue weighted by Gasteiger charge is -2.14. The molecular formula is C12H13F3O2. The smallest absolute Gasteiger partial charge is 0.417 e. The number of hydrogen-bond acceptors (Lipinski definition) is 2. The molecule has 0 aliphatic carbocycles. The van der Waals surface area contributed by atoms with E-state index in [1.807, 2.05) is 0 Å². The third-order valence-electron chi connectivity index (χ3n) is 2.32. The van der Waals surface area contributed by atoms with E-state index in [-0.39, 0.29) is 11.3 Å². The van der Waals surface area contributed by atoms with Crippen LogP contribution in [0.15, 0.2) is 18.2 Å². The largest absolute Gasteiger partial charge is 0.497 e. The summed E-state index contributed by atoms with van der Waals surface area (Å²) in [6.45, 7) is 3.12. The molecule has 94 valence electrons. The Morgan fingerprint density at radius 1 is 1.29 bits per heavy atom. The van der Waals surface area contributed by atoms with E-state index in [2.05, 4.69) is 0 Å². The highest BCUT2D eigenvalue weighted by molar-refractivity contribution is 5.99. The highest BCUT2D eigenvalue weighted by Gasteiger charge is 2.35. The number of ketones is 1. The number of benzene rings is 1. The fraction of sp³-hybridized carbons (Fsp3) is 0.417. The molecule has 0 bridgehead atoms. The lowest BCUT2D eigenvalue weighted by Crippen LogP contribution is -2.16. The van der Waals surface area contributed by atoms with Gasteiger partial charge < -0.3 is 4.74 Å². The average molecular weight is 246 g/mol. The monoisotopic (exact) mass is 246 g/mol. The second-order valence-corrected chi connectivity index (χ2v) is 3.93. The van der Waals surface area contributed by atoms with Crippen molar-refractivity contribution in [2.24, 2.45) is 5.92 Å². The molecule has 2 nitrogen and oxygen atoms in total. The molecule has 1 aromatic rings. The lowest BCUT2D eigenvalue weighted by atomic mass is 9.96. The molecule has 0 saturated heterocycles. The van der Waals surface area contributed by atoms with Gasteiger partial charge in [0.2, 0.25) is 0 Å². The topological polar surface area (TPSA) is 26.3 Å². The van der Waals surface area contributed by atoms with E-state index in [0.717, 1.165) is 12.1 Å². The van der Waals surface area contributed by atoms with Gasteiger partial charge in [-0.1, -0.05) is 13.8 Å². The molecule has 17 heavy (non-hydrogen) atoms. The summed E-state index contributed by atoms with van der Waals surface area (Å²) in [4.78, 5) is 11.7. The minimum atomic E-state index is -4.54. The summed E-state index contributed by atoms with van der Waals surface area (Å²) in [6.07, 6.45) is -4.54. The van der Waals surface area contributed by atoms with Crippen LogP contribution in [0.2, 0.25) is 0 Å². The van der Waals surface area contributed by atoms with Gasteiger partial charge in [0.1, 0.15) is 5.75 Å². The fourth-order valence-electron chi connectivity index (χ4n) is 1.41. The van der Waals surface area contributed by atoms with Gasteiger partial charge in [-0.2, -0.15) is 13.2 Å². The second kappa shape index (κ2) is 4.77. The maximum Gasteiger partial charge on any atom is 0.417 e. The number of rotatable bonds is 3. The van der Waals surface area contributed by atoms with E-state index >= 15 is 0 Å². The van der Waals surface area contributed by atoms with Gasteiger partial charge in [-0.25, -0.2) is 0 Å². The summed E-state index contributed by atoms with van der Waals surface area (Å²) in [7, 11) is 1.34. The Hall–Kier alpha value is -1.52. The van der Waals surface area contributed by atoms with Crippen LogP contribution >= 0.6 is 0 Å². The van der Waals surface area contributed by atoms with E-state index in [9.17, 15) is 18.0 Å². The Morgan fingerprint density at radius 3 is 2.29 bits per heavy atom. The first kappa shape index (κ1) is 13.5. The maximum atomic E-state index is 12.7. The molecule has 0 radical (unpaired) electrons. The van der Waals surface area contributed by atoms with Crippen LogP contribution < -0.4 is 4.74 Å². The van der Waals surface area contributed by atoms with Crippen molar-refractivity contribution < 1.29 is 22.7 Å². The molecule has 0 amide bonds. The number of ether oxygens (including phenoxy) is 1. The van der Waals surface area contributed by atoms with Crippen molar-refractivity contribution in [2.75, 3.05) is 7.11 Å². The summed E-state index contributed by atoms with van der Waals surface area (Å²) in [5.74, 6) is -0.804. The van der Waals surface area contributed by atoms with E-state index in [1.165, 1.54) is 13.2 Å². The Kier molecular flexibility index (Phi) is 3.80. The van der Waals surface area contributed by atoms with Crippen molar-refractivity contribution >= 4 is 5.78 Å². The van der Waals surface area contributed by atoms with Gasteiger partial charge in [0.15, 0.2) is 5.78 Å². The van der Waals surface area contributed by atoms with E-state index in [1.54, 1.807) is 13.8 Å². The Balaban J connectivity index is 3.36. The molecule has 0 unspecified atom stereocenters. The summed E-state index contributed by atoms with van der Waals surface area (Å²) >= 11 is 0. The first-order valence-electron chi connectivity index (χ1n) is 5.06. The Morgan fingerprint density at radius 2 is 1.88 bits per heavy atom. The molecule has 0 aliphatic rings. The summed E-state index contributed by atoms with van der Waals surface area (Å²) in [5.41, 5.74) is -1.26. The third-order valence-corrected chi connectivity index (χ3v) is 2.32. The molecule has 0 saturated carbocycles. The quantitative estimate of drug-likeness (QED) is 0.762. The van der Waals surface area contributed by atoms with Crippen LogP contribution in [0.3, 0.4) is 0 Å². The SMILES string of the molecule is COc1ccc(C(F)(F)F)c(C(=O)C(C)C)c1. The number of alkyl halides is 3. The molecule has 5 heteroatoms. The minimum absolute atomic E-state index is 0.238. The minimum Gasteiger partial charge on any atom is -0.497 e. The van der Waals surface area contributed by atoms with Gasteiger partial charge in [0, 0.05) is 11.5 Å². The molecule has 0 fully saturated rings. The zero-order chi connectivity index (χ0) is 13.2. The van der Waals surface area contributed by atoms with Crippen molar-refractivity contribution in [1.29, 1.82) is 0 Å². The van der Waals surface area contributed by atoms with Crippen LogP contribution in [0.5, 0.6) is 5.75 Å². The van der Waals surface area contributed by atoms with Crippen molar-refractivity contribution in [3.05, 3.63) is 29.3 Å². The van der Waals surface area contributed by atoms with Crippen molar-refractivity contribution in [3.8, 4) is 5.75 Å². The van der Waals surface area contributed by atoms with Crippen LogP contribution in [-0.2, 0) is 6.18 Å². The molecule has 0 spiro atoms. The molecule has 0 N–H and O–H groups in total. The second-order valence-electron chi connectivity index (χ2n) is 3.93. The molecule has 0 aromatic heterocycles. The Bertz CT molecular complexity index is 422. The van der Waals surface area contributed by atoms with Gasteiger partial charge >= 0.3 is 6.18 Å². The number of carbonyl (C=O) groups is 1. The van der Waals surface area contributed by atoms with Gasteiger partial charge in [0.25, 0.3) is 0 Å². The van der Waals surface area contributed by atoms with Crippen LogP contribution in [0.4, 0.5) is 13.2 Å². The highest BCUT2D eigenvalue weighted by atomic mass is 19.4. The van der Waals surface area contributed by atoms with E-state index < -0.39 is 23.4 Å². The van der Waals surface area contributed by atoms with Crippen LogP contribution in [0.1, 0.15) is 29.8 Å². The number of carbonyl (C=O) groups excluding carboxylic acids is 1. The zero-order valence-electron chi connectivity index (χ0n) is 9.76. The molecule has 0 aliphatic heterocycles. The van der Waals surface area contributed by atoms with Crippen molar-refractivity contribution in [2.45, 2.75) is 20.0 Å². The summed E-state index contributed by atoms with van der Waals surface area (Å²) in [6, 6.07) is 3.19. The molecular weight excluding hydrogens is 233 g/mol. The number of methoxy groups -OCH3 is 1. The van der Waals surface area contributed by atoms with E-state index in [4.69, 9.17) is 4.74 Å². The van der Waals surface area contributed by atoms with Gasteiger partial charge in [-0.3, -0.25) is 4.79 Å². The van der Waals surface area contributed by atoms with Crippen LogP contribution in [0.25, 0.3) is 0 Å². The first-order chi connectivity index (χ1) is 7.77. The maximum absolute atomic E-state index is 12.7.